The third-order valence-electron chi connectivity index (χ3n) is 3.84. The van der Waals surface area contributed by atoms with Crippen molar-refractivity contribution in [2.45, 2.75) is 85.6 Å². The summed E-state index contributed by atoms with van der Waals surface area (Å²) in [6, 6.07) is 0.823. The fourth-order valence-corrected chi connectivity index (χ4v) is 3.64. The van der Waals surface area contributed by atoms with Crippen LogP contribution in [0.15, 0.2) is 6.20 Å². The molecule has 156 valence electrons. The van der Waals surface area contributed by atoms with Crippen LogP contribution in [0.3, 0.4) is 0 Å². The summed E-state index contributed by atoms with van der Waals surface area (Å²) in [5, 5.41) is 3.00. The maximum absolute atomic E-state index is 12.4. The third kappa shape index (κ3) is 8.95. The van der Waals surface area contributed by atoms with Gasteiger partial charge in [-0.3, -0.25) is 4.57 Å². The first-order chi connectivity index (χ1) is 12.1. The van der Waals surface area contributed by atoms with E-state index in [2.05, 4.69) is 73.3 Å². The van der Waals surface area contributed by atoms with Crippen molar-refractivity contribution in [1.82, 2.24) is 14.9 Å². The number of ether oxygens (including phenoxy) is 2. The number of amides is 1. The molecular weight excluding hydrogens is 473 g/mol. The summed E-state index contributed by atoms with van der Waals surface area (Å²) in [5.74, 6) is 0.783. The van der Waals surface area contributed by atoms with Gasteiger partial charge in [0.15, 0.2) is 0 Å². The van der Waals surface area contributed by atoms with Crippen LogP contribution in [-0.4, -0.2) is 35.9 Å². The van der Waals surface area contributed by atoms with Crippen LogP contribution in [0.1, 0.15) is 53.4 Å². The molecule has 1 aromatic heterocycles. The second-order valence-corrected chi connectivity index (χ2v) is 16.9. The highest BCUT2D eigenvalue weighted by Gasteiger charge is 2.33. The second-order valence-electron chi connectivity index (χ2n) is 10.2. The van der Waals surface area contributed by atoms with Crippen molar-refractivity contribution in [3.63, 3.8) is 0 Å². The number of aromatic nitrogens is 2. The van der Waals surface area contributed by atoms with Crippen LogP contribution in [0.25, 0.3) is 0 Å². The van der Waals surface area contributed by atoms with Gasteiger partial charge in [0.25, 0.3) is 0 Å². The van der Waals surface area contributed by atoms with Crippen molar-refractivity contribution in [3.8, 4) is 0 Å². The molecule has 27 heavy (non-hydrogen) atoms. The monoisotopic (exact) mass is 509 g/mol. The van der Waals surface area contributed by atoms with Crippen LogP contribution in [0.5, 0.6) is 0 Å². The lowest BCUT2D eigenvalue weighted by atomic mass is 9.86. The Morgan fingerprint density at radius 2 is 1.85 bits per heavy atom. The molecule has 0 aromatic carbocycles. The predicted molar refractivity (Wildman–Crippen MR) is 121 cm³/mol. The van der Waals surface area contributed by atoms with Crippen LogP contribution in [0.2, 0.25) is 25.7 Å². The number of halogens is 1. The lowest BCUT2D eigenvalue weighted by molar-refractivity contribution is 0.0439. The molecule has 0 bridgehead atoms. The Morgan fingerprint density at radius 3 is 2.33 bits per heavy atom. The molecule has 0 radical (unpaired) electrons. The quantitative estimate of drug-likeness (QED) is 0.303. The number of nitrogens with one attached hydrogen (secondary N) is 1. The zero-order valence-electron chi connectivity index (χ0n) is 18.3. The Kier molecular flexibility index (Phi) is 8.37. The number of imidazole rings is 1. The van der Waals surface area contributed by atoms with Crippen LogP contribution < -0.4 is 5.32 Å². The Balaban J connectivity index is 2.95. The molecule has 1 rings (SSSR count). The molecule has 0 fully saturated rings. The molecule has 0 saturated carbocycles. The smallest absolute Gasteiger partial charge is 0.408 e. The molecule has 8 heteroatoms. The van der Waals surface area contributed by atoms with E-state index in [0.717, 1.165) is 22.2 Å². The van der Waals surface area contributed by atoms with E-state index in [1.165, 1.54) is 0 Å². The van der Waals surface area contributed by atoms with Gasteiger partial charge in [0.1, 0.15) is 21.9 Å². The summed E-state index contributed by atoms with van der Waals surface area (Å²) >= 11 is 2.25. The van der Waals surface area contributed by atoms with Crippen LogP contribution >= 0.6 is 22.6 Å². The molecule has 1 amide bonds. The molecule has 0 aliphatic heterocycles. The summed E-state index contributed by atoms with van der Waals surface area (Å²) in [5.41, 5.74) is -0.780. The second kappa shape index (κ2) is 9.26. The molecule has 0 saturated heterocycles. The first-order valence-corrected chi connectivity index (χ1v) is 14.2. The number of rotatable bonds is 7. The van der Waals surface area contributed by atoms with E-state index in [4.69, 9.17) is 9.47 Å². The molecule has 0 unspecified atom stereocenters. The summed E-state index contributed by atoms with van der Waals surface area (Å²) in [6.45, 7) is 20.0. The van der Waals surface area contributed by atoms with Crippen molar-refractivity contribution in [2.75, 3.05) is 6.61 Å². The predicted octanol–water partition coefficient (Wildman–Crippen LogP) is 5.41. The average Bonchev–Trinajstić information content (AvgIpc) is 2.78. The fourth-order valence-electron chi connectivity index (χ4n) is 2.35. The highest BCUT2D eigenvalue weighted by molar-refractivity contribution is 14.1. The fraction of sp³-hybridized carbons (Fsp3) is 0.789. The summed E-state index contributed by atoms with van der Waals surface area (Å²) in [6.07, 6.45) is 1.37. The maximum Gasteiger partial charge on any atom is 0.408 e. The van der Waals surface area contributed by atoms with E-state index in [0.29, 0.717) is 6.73 Å². The molecule has 0 aliphatic carbocycles. The Labute approximate surface area is 178 Å². The van der Waals surface area contributed by atoms with Gasteiger partial charge in [0.05, 0.1) is 12.2 Å². The molecular formula is C19H36IN3O3Si. The van der Waals surface area contributed by atoms with Crippen LogP contribution in [-0.2, 0) is 16.2 Å². The van der Waals surface area contributed by atoms with E-state index in [9.17, 15) is 4.79 Å². The molecule has 0 aliphatic rings. The average molecular weight is 510 g/mol. The van der Waals surface area contributed by atoms with Gasteiger partial charge in [-0.2, -0.15) is 0 Å². The summed E-state index contributed by atoms with van der Waals surface area (Å²) in [7, 11) is -1.13. The zero-order valence-corrected chi connectivity index (χ0v) is 21.4. The lowest BCUT2D eigenvalue weighted by Gasteiger charge is -2.32. The Bertz CT molecular complexity index is 628. The summed E-state index contributed by atoms with van der Waals surface area (Å²) < 4.78 is 14.4. The lowest BCUT2D eigenvalue weighted by Crippen LogP contribution is -2.41. The first-order valence-electron chi connectivity index (χ1n) is 9.38. The van der Waals surface area contributed by atoms with Crippen molar-refractivity contribution < 1.29 is 14.3 Å². The van der Waals surface area contributed by atoms with E-state index in [1.807, 2.05) is 31.5 Å². The van der Waals surface area contributed by atoms with E-state index in [1.54, 1.807) is 0 Å². The molecule has 1 N–H and O–H groups in total. The van der Waals surface area contributed by atoms with Gasteiger partial charge in [-0.15, -0.1) is 0 Å². The number of hydrogen-bond donors (Lipinski definition) is 1. The number of carbonyl (C=O) groups excluding carboxylic acids is 1. The number of nitrogens with zero attached hydrogens (tertiary/aromatic N) is 2. The van der Waals surface area contributed by atoms with E-state index < -0.39 is 19.8 Å². The molecule has 0 spiro atoms. The molecule has 6 nitrogen and oxygen atoms in total. The topological polar surface area (TPSA) is 65.4 Å². The third-order valence-corrected chi connectivity index (χ3v) is 6.40. The van der Waals surface area contributed by atoms with Crippen LogP contribution in [0, 0.1) is 9.12 Å². The van der Waals surface area contributed by atoms with Gasteiger partial charge >= 0.3 is 6.09 Å². The van der Waals surface area contributed by atoms with Gasteiger partial charge in [-0.1, -0.05) is 40.4 Å². The highest BCUT2D eigenvalue weighted by Crippen LogP contribution is 2.33. The minimum Gasteiger partial charge on any atom is -0.444 e. The first kappa shape index (κ1) is 24.4. The van der Waals surface area contributed by atoms with Gasteiger partial charge in [-0.05, 0) is 54.8 Å². The van der Waals surface area contributed by atoms with Gasteiger partial charge in [0.2, 0.25) is 0 Å². The van der Waals surface area contributed by atoms with Gasteiger partial charge in [0, 0.05) is 14.7 Å². The van der Waals surface area contributed by atoms with Gasteiger partial charge < -0.3 is 14.8 Å². The number of hydrogen-bond acceptors (Lipinski definition) is 4. The molecule has 1 heterocycles. The molecule has 1 aromatic rings. The van der Waals surface area contributed by atoms with Gasteiger partial charge in [-0.25, -0.2) is 9.78 Å². The number of carbonyl (C=O) groups is 1. The summed E-state index contributed by atoms with van der Waals surface area (Å²) in [4.78, 5) is 17.0. The zero-order chi connectivity index (χ0) is 21.0. The van der Waals surface area contributed by atoms with Crippen molar-refractivity contribution in [1.29, 1.82) is 0 Å². The normalized spacial score (nSPS) is 14.1. The largest absolute Gasteiger partial charge is 0.444 e. The van der Waals surface area contributed by atoms with E-state index in [-0.39, 0.29) is 11.5 Å². The maximum atomic E-state index is 12.4. The molecule has 1 atom stereocenters. The Morgan fingerprint density at radius 1 is 1.26 bits per heavy atom. The van der Waals surface area contributed by atoms with E-state index >= 15 is 0 Å². The van der Waals surface area contributed by atoms with Crippen LogP contribution in [0.4, 0.5) is 4.79 Å². The Hall–Kier alpha value is -0.613. The van der Waals surface area contributed by atoms with Crippen molar-refractivity contribution in [3.05, 3.63) is 15.7 Å². The standard InChI is InChI=1S/C19H36IN3O3Si/c1-18(2,3)15(22-17(24)26-19(4,5)6)16-21-12-14(20)23(16)13-25-10-11-27(7,8)9/h12,15H,10-11,13H2,1-9H3,(H,22,24)/t15-/m1/s1. The SMILES string of the molecule is CC(C)(C)OC(=O)N[C@H](c1ncc(I)n1COCC[Si](C)(C)C)C(C)(C)C. The number of alkyl carbamates (subject to hydrolysis) is 1. The highest BCUT2D eigenvalue weighted by atomic mass is 127. The minimum absolute atomic E-state index is 0.235. The van der Waals surface area contributed by atoms with Crippen molar-refractivity contribution >= 4 is 36.8 Å². The van der Waals surface area contributed by atoms with Crippen molar-refractivity contribution in [2.24, 2.45) is 5.41 Å². The minimum atomic E-state index is -1.13.